The van der Waals surface area contributed by atoms with E-state index in [-0.39, 0.29) is 11.8 Å². The van der Waals surface area contributed by atoms with Gasteiger partial charge in [0.05, 0.1) is 5.56 Å². The molecule has 0 saturated heterocycles. The molecule has 0 bridgehead atoms. The van der Waals surface area contributed by atoms with Gasteiger partial charge in [0.15, 0.2) is 5.13 Å². The number of hydrogen-bond acceptors (Lipinski definition) is 4. The van der Waals surface area contributed by atoms with Crippen molar-refractivity contribution in [1.29, 1.82) is 0 Å². The monoisotopic (exact) mass is 335 g/mol. The number of carboxylic acid groups (broad SMARTS) is 1. The van der Waals surface area contributed by atoms with Gasteiger partial charge in [-0.1, -0.05) is 13.8 Å². The van der Waals surface area contributed by atoms with Crippen molar-refractivity contribution in [2.75, 3.05) is 0 Å². The SMILES string of the molecule is Cc1cc(C(=O)NC(CC(C)C)C(=O)O)c(C)n1-c1nccs1. The predicted molar refractivity (Wildman–Crippen MR) is 89.3 cm³/mol. The number of aromatic nitrogens is 2. The largest absolute Gasteiger partial charge is 0.480 e. The smallest absolute Gasteiger partial charge is 0.326 e. The van der Waals surface area contributed by atoms with Crippen LogP contribution in [0.4, 0.5) is 0 Å². The van der Waals surface area contributed by atoms with Gasteiger partial charge >= 0.3 is 5.97 Å². The number of carboxylic acids is 1. The van der Waals surface area contributed by atoms with Crippen LogP contribution in [0.25, 0.3) is 5.13 Å². The molecule has 2 N–H and O–H groups in total. The lowest BCUT2D eigenvalue weighted by Crippen LogP contribution is -2.41. The number of thiazole rings is 1. The molecule has 124 valence electrons. The van der Waals surface area contributed by atoms with Crippen LogP contribution in [0.15, 0.2) is 17.6 Å². The van der Waals surface area contributed by atoms with Crippen LogP contribution in [-0.2, 0) is 4.79 Å². The molecule has 1 amide bonds. The molecular weight excluding hydrogens is 314 g/mol. The third-order valence-corrected chi connectivity index (χ3v) is 4.35. The predicted octanol–water partition coefficient (Wildman–Crippen LogP) is 2.78. The van der Waals surface area contributed by atoms with Gasteiger partial charge in [-0.15, -0.1) is 11.3 Å². The van der Waals surface area contributed by atoms with E-state index in [4.69, 9.17) is 0 Å². The summed E-state index contributed by atoms with van der Waals surface area (Å²) in [4.78, 5) is 28.1. The van der Waals surface area contributed by atoms with Crippen LogP contribution < -0.4 is 5.32 Å². The first-order valence-electron chi connectivity index (χ1n) is 7.43. The number of nitrogens with zero attached hydrogens (tertiary/aromatic N) is 2. The summed E-state index contributed by atoms with van der Waals surface area (Å²) < 4.78 is 1.90. The summed E-state index contributed by atoms with van der Waals surface area (Å²) >= 11 is 1.48. The minimum atomic E-state index is -1.01. The van der Waals surface area contributed by atoms with Gasteiger partial charge in [-0.2, -0.15) is 0 Å². The van der Waals surface area contributed by atoms with Crippen molar-refractivity contribution in [1.82, 2.24) is 14.9 Å². The zero-order valence-electron chi connectivity index (χ0n) is 13.7. The van der Waals surface area contributed by atoms with Crippen LogP contribution >= 0.6 is 11.3 Å². The fraction of sp³-hybridized carbons (Fsp3) is 0.438. The van der Waals surface area contributed by atoms with Crippen LogP contribution in [0, 0.1) is 19.8 Å². The molecule has 1 unspecified atom stereocenters. The number of carbonyl (C=O) groups is 2. The molecule has 0 aliphatic carbocycles. The van der Waals surface area contributed by atoms with E-state index in [1.54, 1.807) is 12.3 Å². The highest BCUT2D eigenvalue weighted by Crippen LogP contribution is 2.22. The maximum Gasteiger partial charge on any atom is 0.326 e. The topological polar surface area (TPSA) is 84.2 Å². The number of aryl methyl sites for hydroxylation is 1. The molecule has 2 aromatic rings. The molecule has 2 heterocycles. The number of amides is 1. The number of aliphatic carboxylic acids is 1. The Morgan fingerprint density at radius 2 is 2.09 bits per heavy atom. The summed E-state index contributed by atoms with van der Waals surface area (Å²) in [6.45, 7) is 7.59. The quantitative estimate of drug-likeness (QED) is 0.850. The lowest BCUT2D eigenvalue weighted by Gasteiger charge is -2.16. The highest BCUT2D eigenvalue weighted by Gasteiger charge is 2.24. The second kappa shape index (κ2) is 6.95. The second-order valence-corrected chi connectivity index (χ2v) is 6.80. The molecule has 2 rings (SSSR count). The van der Waals surface area contributed by atoms with E-state index in [1.807, 2.05) is 37.6 Å². The minimum absolute atomic E-state index is 0.180. The molecule has 0 aliphatic heterocycles. The molecule has 0 fully saturated rings. The lowest BCUT2D eigenvalue weighted by molar-refractivity contribution is -0.139. The highest BCUT2D eigenvalue weighted by molar-refractivity contribution is 7.12. The highest BCUT2D eigenvalue weighted by atomic mass is 32.1. The third-order valence-electron chi connectivity index (χ3n) is 3.60. The number of carbonyl (C=O) groups excluding carboxylic acids is 1. The van der Waals surface area contributed by atoms with Crippen LogP contribution in [0.1, 0.15) is 42.0 Å². The summed E-state index contributed by atoms with van der Waals surface area (Å²) in [6.07, 6.45) is 2.11. The van der Waals surface area contributed by atoms with E-state index in [0.717, 1.165) is 16.5 Å². The fourth-order valence-electron chi connectivity index (χ4n) is 2.54. The maximum atomic E-state index is 12.5. The molecule has 0 aliphatic rings. The summed E-state index contributed by atoms with van der Waals surface area (Å²) in [6, 6.07) is 0.880. The van der Waals surface area contributed by atoms with Crippen molar-refractivity contribution < 1.29 is 14.7 Å². The van der Waals surface area contributed by atoms with Gasteiger partial charge in [-0.05, 0) is 32.3 Å². The maximum absolute atomic E-state index is 12.5. The minimum Gasteiger partial charge on any atom is -0.480 e. The Hall–Kier alpha value is -2.15. The molecular formula is C16H21N3O3S. The zero-order chi connectivity index (χ0) is 17.1. The average Bonchev–Trinajstić information content (AvgIpc) is 3.05. The molecule has 0 radical (unpaired) electrons. The van der Waals surface area contributed by atoms with Crippen LogP contribution in [-0.4, -0.2) is 32.6 Å². The van der Waals surface area contributed by atoms with Gasteiger partial charge in [-0.25, -0.2) is 9.78 Å². The van der Waals surface area contributed by atoms with Crippen LogP contribution in [0.5, 0.6) is 0 Å². The average molecular weight is 335 g/mol. The Balaban J connectivity index is 2.26. The van der Waals surface area contributed by atoms with Crippen molar-refractivity contribution in [3.8, 4) is 5.13 Å². The van der Waals surface area contributed by atoms with Crippen molar-refractivity contribution >= 4 is 23.2 Å². The van der Waals surface area contributed by atoms with E-state index in [0.29, 0.717) is 12.0 Å². The van der Waals surface area contributed by atoms with Crippen molar-refractivity contribution in [3.05, 3.63) is 34.6 Å². The van der Waals surface area contributed by atoms with Gasteiger partial charge in [-0.3, -0.25) is 9.36 Å². The van der Waals surface area contributed by atoms with Gasteiger partial charge in [0.2, 0.25) is 0 Å². The summed E-state index contributed by atoms with van der Waals surface area (Å²) in [5, 5.41) is 14.6. The van der Waals surface area contributed by atoms with E-state index in [2.05, 4.69) is 10.3 Å². The standard InChI is InChI=1S/C16H21N3O3S/c1-9(2)7-13(15(21)22)18-14(20)12-8-10(3)19(11(12)4)16-17-5-6-23-16/h5-6,8-9,13H,7H2,1-4H3,(H,18,20)(H,21,22). The molecule has 1 atom stereocenters. The summed E-state index contributed by atoms with van der Waals surface area (Å²) in [5.41, 5.74) is 2.12. The third kappa shape index (κ3) is 3.79. The van der Waals surface area contributed by atoms with Crippen molar-refractivity contribution in [3.63, 3.8) is 0 Å². The van der Waals surface area contributed by atoms with Gasteiger partial charge < -0.3 is 10.4 Å². The van der Waals surface area contributed by atoms with Crippen LogP contribution in [0.3, 0.4) is 0 Å². The van der Waals surface area contributed by atoms with E-state index in [9.17, 15) is 14.7 Å². The van der Waals surface area contributed by atoms with Gasteiger partial charge in [0.25, 0.3) is 5.91 Å². The number of hydrogen-bond donors (Lipinski definition) is 2. The van der Waals surface area contributed by atoms with E-state index >= 15 is 0 Å². The van der Waals surface area contributed by atoms with Gasteiger partial charge in [0, 0.05) is 23.0 Å². The molecule has 7 heteroatoms. The first kappa shape index (κ1) is 17.2. The Morgan fingerprint density at radius 1 is 1.39 bits per heavy atom. The zero-order valence-corrected chi connectivity index (χ0v) is 14.5. The summed E-state index contributed by atoms with van der Waals surface area (Å²) in [7, 11) is 0. The molecule has 23 heavy (non-hydrogen) atoms. The normalized spacial score (nSPS) is 12.4. The Kier molecular flexibility index (Phi) is 5.20. The van der Waals surface area contributed by atoms with Crippen LogP contribution in [0.2, 0.25) is 0 Å². The second-order valence-electron chi connectivity index (χ2n) is 5.93. The fourth-order valence-corrected chi connectivity index (χ4v) is 3.29. The number of nitrogens with one attached hydrogen (secondary N) is 1. The first-order chi connectivity index (χ1) is 10.8. The molecule has 6 nitrogen and oxygen atoms in total. The van der Waals surface area contributed by atoms with E-state index < -0.39 is 12.0 Å². The van der Waals surface area contributed by atoms with Crippen molar-refractivity contribution in [2.45, 2.75) is 40.2 Å². The summed E-state index contributed by atoms with van der Waals surface area (Å²) in [5.74, 6) is -1.20. The Bertz CT molecular complexity index is 704. The Morgan fingerprint density at radius 3 is 2.61 bits per heavy atom. The molecule has 0 aromatic carbocycles. The lowest BCUT2D eigenvalue weighted by atomic mass is 10.0. The number of rotatable bonds is 6. The molecule has 2 aromatic heterocycles. The molecule has 0 saturated carbocycles. The van der Waals surface area contributed by atoms with Gasteiger partial charge in [0.1, 0.15) is 6.04 Å². The molecule has 0 spiro atoms. The van der Waals surface area contributed by atoms with E-state index in [1.165, 1.54) is 11.3 Å². The van der Waals surface area contributed by atoms with Crippen molar-refractivity contribution in [2.24, 2.45) is 5.92 Å². The first-order valence-corrected chi connectivity index (χ1v) is 8.31. The Labute approximate surface area is 139 Å².